The highest BCUT2D eigenvalue weighted by molar-refractivity contribution is 7.89. The number of morpholine rings is 1. The molecule has 1 aromatic carbocycles. The first kappa shape index (κ1) is 22.2. The average molecular weight is 433 g/mol. The molecular weight excluding hydrogens is 404 g/mol. The number of ether oxygens (including phenoxy) is 1. The van der Waals surface area contributed by atoms with Gasteiger partial charge in [0.15, 0.2) is 0 Å². The van der Waals surface area contributed by atoms with E-state index in [0.717, 1.165) is 24.5 Å². The maximum atomic E-state index is 13.1. The molecule has 0 aliphatic carbocycles. The summed E-state index contributed by atoms with van der Waals surface area (Å²) in [6, 6.07) is 10.1. The lowest BCUT2D eigenvalue weighted by atomic mass is 10.2. The molecule has 162 valence electrons. The number of hydrogen-bond donors (Lipinski definition) is 1. The smallest absolute Gasteiger partial charge is 0.274 e. The molecule has 0 unspecified atom stereocenters. The second-order valence-corrected chi connectivity index (χ2v) is 8.92. The third-order valence-corrected chi connectivity index (χ3v) is 6.94. The SMILES string of the molecule is CCN(CC)c1ccc(S(=O)(=O)N2CCOCC2)cc1NC(=O)c1cccc(C)n1. The Bertz CT molecular complexity index is 1000. The van der Waals surface area contributed by atoms with Crippen LogP contribution < -0.4 is 10.2 Å². The maximum Gasteiger partial charge on any atom is 0.274 e. The highest BCUT2D eigenvalue weighted by atomic mass is 32.2. The van der Waals surface area contributed by atoms with E-state index >= 15 is 0 Å². The Balaban J connectivity index is 1.99. The van der Waals surface area contributed by atoms with Gasteiger partial charge in [-0.1, -0.05) is 6.07 Å². The van der Waals surface area contributed by atoms with Gasteiger partial charge in [-0.3, -0.25) is 4.79 Å². The van der Waals surface area contributed by atoms with Crippen LogP contribution in [-0.4, -0.2) is 63.0 Å². The lowest BCUT2D eigenvalue weighted by molar-refractivity contribution is 0.0730. The zero-order valence-electron chi connectivity index (χ0n) is 17.6. The van der Waals surface area contributed by atoms with Crippen molar-refractivity contribution in [2.75, 3.05) is 49.6 Å². The highest BCUT2D eigenvalue weighted by Gasteiger charge is 2.27. The summed E-state index contributed by atoms with van der Waals surface area (Å²) in [5, 5.41) is 2.87. The number of nitrogens with zero attached hydrogens (tertiary/aromatic N) is 3. The van der Waals surface area contributed by atoms with Gasteiger partial charge in [0.25, 0.3) is 5.91 Å². The van der Waals surface area contributed by atoms with E-state index < -0.39 is 10.0 Å². The Labute approximate surface area is 177 Å². The standard InChI is InChI=1S/C21H28N4O4S/c1-4-24(5-2)20-10-9-17(30(27,28)25-11-13-29-14-12-25)15-19(20)23-21(26)18-8-6-7-16(3)22-18/h6-10,15H,4-5,11-14H2,1-3H3,(H,23,26). The maximum absolute atomic E-state index is 13.1. The van der Waals surface area contributed by atoms with E-state index in [9.17, 15) is 13.2 Å². The molecule has 1 amide bonds. The molecule has 0 radical (unpaired) electrons. The summed E-state index contributed by atoms with van der Waals surface area (Å²) in [6.07, 6.45) is 0. The van der Waals surface area contributed by atoms with Crippen molar-refractivity contribution in [1.82, 2.24) is 9.29 Å². The molecule has 2 aromatic rings. The number of aryl methyl sites for hydroxylation is 1. The number of pyridine rings is 1. The van der Waals surface area contributed by atoms with Crippen LogP contribution in [0.2, 0.25) is 0 Å². The van der Waals surface area contributed by atoms with Crippen molar-refractivity contribution in [3.63, 3.8) is 0 Å². The molecule has 1 aliphatic rings. The summed E-state index contributed by atoms with van der Waals surface area (Å²) in [5.41, 5.74) is 2.22. The zero-order chi connectivity index (χ0) is 21.7. The molecule has 1 N–H and O–H groups in total. The monoisotopic (exact) mass is 432 g/mol. The van der Waals surface area contributed by atoms with Crippen molar-refractivity contribution in [2.45, 2.75) is 25.7 Å². The first-order valence-corrected chi connectivity index (χ1v) is 11.5. The minimum absolute atomic E-state index is 0.146. The molecule has 1 fully saturated rings. The minimum atomic E-state index is -3.68. The van der Waals surface area contributed by atoms with Gasteiger partial charge >= 0.3 is 0 Å². The lowest BCUT2D eigenvalue weighted by Crippen LogP contribution is -2.40. The van der Waals surface area contributed by atoms with Gasteiger partial charge in [-0.2, -0.15) is 4.31 Å². The van der Waals surface area contributed by atoms with Gasteiger partial charge in [0.2, 0.25) is 10.0 Å². The van der Waals surface area contributed by atoms with E-state index in [1.165, 1.54) is 10.4 Å². The van der Waals surface area contributed by atoms with E-state index in [4.69, 9.17) is 4.74 Å². The molecule has 30 heavy (non-hydrogen) atoms. The van der Waals surface area contributed by atoms with Gasteiger partial charge in [-0.05, 0) is 51.1 Å². The van der Waals surface area contributed by atoms with Gasteiger partial charge in [0.1, 0.15) is 5.69 Å². The van der Waals surface area contributed by atoms with Crippen LogP contribution in [0.25, 0.3) is 0 Å². The number of nitrogens with one attached hydrogen (secondary N) is 1. The van der Waals surface area contributed by atoms with Crippen molar-refractivity contribution < 1.29 is 17.9 Å². The number of hydrogen-bond acceptors (Lipinski definition) is 6. The predicted octanol–water partition coefficient (Wildman–Crippen LogP) is 2.51. The fraction of sp³-hybridized carbons (Fsp3) is 0.429. The summed E-state index contributed by atoms with van der Waals surface area (Å²) in [4.78, 5) is 19.3. The number of aromatic nitrogens is 1. The van der Waals surface area contributed by atoms with E-state index in [2.05, 4.69) is 15.2 Å². The van der Waals surface area contributed by atoms with Crippen LogP contribution in [0.5, 0.6) is 0 Å². The number of carbonyl (C=O) groups excluding carboxylic acids is 1. The number of amides is 1. The fourth-order valence-electron chi connectivity index (χ4n) is 3.41. The Kier molecular flexibility index (Phi) is 7.06. The van der Waals surface area contributed by atoms with Crippen molar-refractivity contribution in [3.8, 4) is 0 Å². The molecule has 1 aromatic heterocycles. The normalized spacial score (nSPS) is 15.0. The number of carbonyl (C=O) groups is 1. The summed E-state index contributed by atoms with van der Waals surface area (Å²) in [5.74, 6) is -0.381. The molecule has 8 nitrogen and oxygen atoms in total. The van der Waals surface area contributed by atoms with Gasteiger partial charge in [0.05, 0.1) is 29.5 Å². The van der Waals surface area contributed by atoms with Crippen molar-refractivity contribution in [3.05, 3.63) is 47.8 Å². The Morgan fingerprint density at radius 1 is 1.17 bits per heavy atom. The molecule has 1 aliphatic heterocycles. The van der Waals surface area contributed by atoms with Crippen LogP contribution >= 0.6 is 0 Å². The highest BCUT2D eigenvalue weighted by Crippen LogP contribution is 2.31. The Hall–Kier alpha value is -2.49. The summed E-state index contributed by atoms with van der Waals surface area (Å²) in [7, 11) is -3.68. The van der Waals surface area contributed by atoms with E-state index in [1.807, 2.05) is 26.8 Å². The van der Waals surface area contributed by atoms with Crippen LogP contribution in [0.1, 0.15) is 30.0 Å². The van der Waals surface area contributed by atoms with Crippen molar-refractivity contribution in [2.24, 2.45) is 0 Å². The Morgan fingerprint density at radius 3 is 2.50 bits per heavy atom. The second kappa shape index (κ2) is 9.55. The number of sulfonamides is 1. The molecule has 0 atom stereocenters. The fourth-order valence-corrected chi connectivity index (χ4v) is 4.84. The number of rotatable bonds is 7. The largest absolute Gasteiger partial charge is 0.379 e. The second-order valence-electron chi connectivity index (χ2n) is 6.99. The van der Waals surface area contributed by atoms with Crippen LogP contribution in [0.15, 0.2) is 41.3 Å². The van der Waals surface area contributed by atoms with Crippen LogP contribution in [0, 0.1) is 6.92 Å². The lowest BCUT2D eigenvalue weighted by Gasteiger charge is -2.28. The molecule has 0 spiro atoms. The van der Waals surface area contributed by atoms with Crippen molar-refractivity contribution >= 4 is 27.3 Å². The van der Waals surface area contributed by atoms with Gasteiger partial charge in [0, 0.05) is 31.9 Å². The molecule has 0 saturated carbocycles. The predicted molar refractivity (Wildman–Crippen MR) is 117 cm³/mol. The molecule has 1 saturated heterocycles. The van der Waals surface area contributed by atoms with Gasteiger partial charge in [-0.15, -0.1) is 0 Å². The number of anilines is 2. The summed E-state index contributed by atoms with van der Waals surface area (Å²) >= 11 is 0. The van der Waals surface area contributed by atoms with E-state index in [1.54, 1.807) is 24.3 Å². The first-order chi connectivity index (χ1) is 14.4. The average Bonchev–Trinajstić information content (AvgIpc) is 2.76. The van der Waals surface area contributed by atoms with Crippen LogP contribution in [0.4, 0.5) is 11.4 Å². The molecule has 3 rings (SSSR count). The van der Waals surface area contributed by atoms with Crippen LogP contribution in [0.3, 0.4) is 0 Å². The zero-order valence-corrected chi connectivity index (χ0v) is 18.4. The van der Waals surface area contributed by atoms with Crippen molar-refractivity contribution in [1.29, 1.82) is 0 Å². The van der Waals surface area contributed by atoms with E-state index in [0.29, 0.717) is 32.0 Å². The molecule has 0 bridgehead atoms. The summed E-state index contributed by atoms with van der Waals surface area (Å²) < 4.78 is 32.9. The third-order valence-electron chi connectivity index (χ3n) is 5.05. The number of benzene rings is 1. The summed E-state index contributed by atoms with van der Waals surface area (Å²) in [6.45, 7) is 8.65. The molecular formula is C21H28N4O4S. The van der Waals surface area contributed by atoms with Gasteiger partial charge < -0.3 is 15.0 Å². The third kappa shape index (κ3) is 4.80. The minimum Gasteiger partial charge on any atom is -0.379 e. The quantitative estimate of drug-likeness (QED) is 0.723. The first-order valence-electron chi connectivity index (χ1n) is 10.1. The topological polar surface area (TPSA) is 91.8 Å². The Morgan fingerprint density at radius 2 is 1.87 bits per heavy atom. The molecule has 9 heteroatoms. The van der Waals surface area contributed by atoms with E-state index in [-0.39, 0.29) is 16.5 Å². The van der Waals surface area contributed by atoms with Crippen LogP contribution in [-0.2, 0) is 14.8 Å². The van der Waals surface area contributed by atoms with Gasteiger partial charge in [-0.25, -0.2) is 13.4 Å². The molecule has 2 heterocycles.